The van der Waals surface area contributed by atoms with Crippen LogP contribution in [0.15, 0.2) is 24.3 Å². The van der Waals surface area contributed by atoms with Crippen molar-refractivity contribution in [2.75, 3.05) is 45.9 Å². The van der Waals surface area contributed by atoms with E-state index in [0.29, 0.717) is 26.3 Å². The van der Waals surface area contributed by atoms with Gasteiger partial charge < -0.3 is 15.4 Å². The van der Waals surface area contributed by atoms with E-state index in [9.17, 15) is 22.8 Å². The lowest BCUT2D eigenvalue weighted by atomic mass is 10.1. The average molecular weight is 359 g/mol. The van der Waals surface area contributed by atoms with Crippen molar-refractivity contribution in [3.63, 3.8) is 0 Å². The Morgan fingerprint density at radius 2 is 1.72 bits per heavy atom. The summed E-state index contributed by atoms with van der Waals surface area (Å²) in [5.74, 6) is -0.953. The Balaban J connectivity index is 1.69. The highest BCUT2D eigenvalue weighted by molar-refractivity contribution is 5.96. The Hall–Kier alpha value is -2.13. The van der Waals surface area contributed by atoms with Gasteiger partial charge in [-0.3, -0.25) is 14.5 Å². The molecule has 1 aromatic carbocycles. The molecule has 2 rings (SSSR count). The number of hydrogen-bond acceptors (Lipinski definition) is 4. The number of morpholine rings is 1. The first-order valence-electron chi connectivity index (χ1n) is 7.88. The van der Waals surface area contributed by atoms with Gasteiger partial charge in [0.05, 0.1) is 25.3 Å². The van der Waals surface area contributed by atoms with Crippen LogP contribution in [0.4, 0.5) is 13.2 Å². The van der Waals surface area contributed by atoms with Gasteiger partial charge in [0, 0.05) is 31.7 Å². The quantitative estimate of drug-likeness (QED) is 0.791. The molecule has 2 amide bonds. The Morgan fingerprint density at radius 1 is 1.08 bits per heavy atom. The lowest BCUT2D eigenvalue weighted by molar-refractivity contribution is -0.137. The number of alkyl halides is 3. The fourth-order valence-electron chi connectivity index (χ4n) is 2.31. The normalized spacial score (nSPS) is 15.6. The molecule has 1 aliphatic rings. The van der Waals surface area contributed by atoms with Crippen LogP contribution in [0, 0.1) is 0 Å². The highest BCUT2D eigenvalue weighted by Gasteiger charge is 2.30. The smallest absolute Gasteiger partial charge is 0.379 e. The van der Waals surface area contributed by atoms with E-state index in [-0.39, 0.29) is 18.0 Å². The standard InChI is InChI=1S/C16H20F3N3O3/c17-16(18,19)13-3-1-12(2-4-13)15(24)21-11-14(23)20-5-6-22-7-9-25-10-8-22/h1-4H,5-11H2,(H,20,23)(H,21,24). The predicted octanol–water partition coefficient (Wildman–Crippen LogP) is 0.884. The van der Waals surface area contributed by atoms with Crippen LogP contribution in [0.2, 0.25) is 0 Å². The molecule has 0 saturated carbocycles. The lowest BCUT2D eigenvalue weighted by Crippen LogP contribution is -2.43. The Kier molecular flexibility index (Phi) is 6.77. The third kappa shape index (κ3) is 6.35. The van der Waals surface area contributed by atoms with Crippen LogP contribution in [-0.4, -0.2) is 62.7 Å². The first-order valence-corrected chi connectivity index (χ1v) is 7.88. The number of halogens is 3. The topological polar surface area (TPSA) is 70.7 Å². The fourth-order valence-corrected chi connectivity index (χ4v) is 2.31. The molecule has 2 N–H and O–H groups in total. The molecule has 1 heterocycles. The molecule has 0 spiro atoms. The van der Waals surface area contributed by atoms with Crippen LogP contribution in [0.25, 0.3) is 0 Å². The van der Waals surface area contributed by atoms with Crippen LogP contribution in [-0.2, 0) is 15.7 Å². The number of hydrogen-bond donors (Lipinski definition) is 2. The van der Waals surface area contributed by atoms with Crippen molar-refractivity contribution < 1.29 is 27.5 Å². The van der Waals surface area contributed by atoms with E-state index in [1.807, 2.05) is 0 Å². The molecular formula is C16H20F3N3O3. The summed E-state index contributed by atoms with van der Waals surface area (Å²) < 4.78 is 42.6. The molecule has 0 aromatic heterocycles. The molecule has 0 aliphatic carbocycles. The SMILES string of the molecule is O=C(CNC(=O)c1ccc(C(F)(F)F)cc1)NCCN1CCOCC1. The second-order valence-corrected chi connectivity index (χ2v) is 5.56. The van der Waals surface area contributed by atoms with Gasteiger partial charge >= 0.3 is 6.18 Å². The monoisotopic (exact) mass is 359 g/mol. The summed E-state index contributed by atoms with van der Waals surface area (Å²) >= 11 is 0. The third-order valence-electron chi connectivity index (χ3n) is 3.74. The molecule has 1 fully saturated rings. The summed E-state index contributed by atoms with van der Waals surface area (Å²) in [5.41, 5.74) is -0.765. The molecule has 0 atom stereocenters. The van der Waals surface area contributed by atoms with Gasteiger partial charge in [0.15, 0.2) is 0 Å². The first-order chi connectivity index (χ1) is 11.9. The van der Waals surface area contributed by atoms with Gasteiger partial charge in [0.2, 0.25) is 5.91 Å². The predicted molar refractivity (Wildman–Crippen MR) is 84.0 cm³/mol. The molecule has 0 radical (unpaired) electrons. The van der Waals surface area contributed by atoms with Crippen molar-refractivity contribution >= 4 is 11.8 Å². The summed E-state index contributed by atoms with van der Waals surface area (Å²) in [5, 5.41) is 5.06. The van der Waals surface area contributed by atoms with E-state index in [2.05, 4.69) is 15.5 Å². The minimum Gasteiger partial charge on any atom is -0.379 e. The van der Waals surface area contributed by atoms with Gasteiger partial charge in [-0.15, -0.1) is 0 Å². The van der Waals surface area contributed by atoms with E-state index in [1.165, 1.54) is 0 Å². The van der Waals surface area contributed by atoms with Crippen LogP contribution in [0.5, 0.6) is 0 Å². The van der Waals surface area contributed by atoms with E-state index in [4.69, 9.17) is 4.74 Å². The van der Waals surface area contributed by atoms with Gasteiger partial charge in [-0.2, -0.15) is 13.2 Å². The first kappa shape index (κ1) is 19.2. The number of nitrogens with one attached hydrogen (secondary N) is 2. The Labute approximate surface area is 143 Å². The number of nitrogens with zero attached hydrogens (tertiary/aromatic N) is 1. The number of amides is 2. The van der Waals surface area contributed by atoms with E-state index >= 15 is 0 Å². The molecule has 0 bridgehead atoms. The molecule has 1 aromatic rings. The molecule has 1 saturated heterocycles. The van der Waals surface area contributed by atoms with E-state index < -0.39 is 17.6 Å². The van der Waals surface area contributed by atoms with Crippen LogP contribution >= 0.6 is 0 Å². The van der Waals surface area contributed by atoms with Crippen LogP contribution < -0.4 is 10.6 Å². The molecule has 25 heavy (non-hydrogen) atoms. The van der Waals surface area contributed by atoms with Crippen molar-refractivity contribution in [2.45, 2.75) is 6.18 Å². The van der Waals surface area contributed by atoms with Crippen molar-refractivity contribution in [1.82, 2.24) is 15.5 Å². The summed E-state index contributed by atoms with van der Waals surface area (Å²) in [7, 11) is 0. The van der Waals surface area contributed by atoms with Gasteiger partial charge in [0.25, 0.3) is 5.91 Å². The maximum absolute atomic E-state index is 12.5. The van der Waals surface area contributed by atoms with Gasteiger partial charge in [-0.1, -0.05) is 0 Å². The van der Waals surface area contributed by atoms with Gasteiger partial charge in [-0.05, 0) is 24.3 Å². The minimum atomic E-state index is -4.45. The van der Waals surface area contributed by atoms with Gasteiger partial charge in [0.1, 0.15) is 0 Å². The highest BCUT2D eigenvalue weighted by Crippen LogP contribution is 2.28. The molecule has 1 aliphatic heterocycles. The Bertz CT molecular complexity index is 585. The highest BCUT2D eigenvalue weighted by atomic mass is 19.4. The lowest BCUT2D eigenvalue weighted by Gasteiger charge is -2.26. The number of rotatable bonds is 6. The number of carbonyl (C=O) groups excluding carboxylic acids is 2. The molecule has 6 nitrogen and oxygen atoms in total. The number of ether oxygens (including phenoxy) is 1. The zero-order chi connectivity index (χ0) is 18.3. The van der Waals surface area contributed by atoms with Crippen LogP contribution in [0.3, 0.4) is 0 Å². The minimum absolute atomic E-state index is 0.0640. The summed E-state index contributed by atoms with van der Waals surface area (Å²) in [6.45, 7) is 3.91. The largest absolute Gasteiger partial charge is 0.416 e. The van der Waals surface area contributed by atoms with E-state index in [1.54, 1.807) is 0 Å². The number of benzene rings is 1. The van der Waals surface area contributed by atoms with Gasteiger partial charge in [-0.25, -0.2) is 0 Å². The van der Waals surface area contributed by atoms with Crippen molar-refractivity contribution in [3.8, 4) is 0 Å². The van der Waals surface area contributed by atoms with Crippen molar-refractivity contribution in [3.05, 3.63) is 35.4 Å². The molecule has 0 unspecified atom stereocenters. The number of carbonyl (C=O) groups is 2. The second kappa shape index (κ2) is 8.82. The van der Waals surface area contributed by atoms with Crippen molar-refractivity contribution in [2.24, 2.45) is 0 Å². The molecule has 9 heteroatoms. The fraction of sp³-hybridized carbons (Fsp3) is 0.500. The maximum atomic E-state index is 12.5. The molecule has 138 valence electrons. The zero-order valence-corrected chi connectivity index (χ0v) is 13.6. The zero-order valence-electron chi connectivity index (χ0n) is 13.6. The average Bonchev–Trinajstić information content (AvgIpc) is 2.60. The van der Waals surface area contributed by atoms with E-state index in [0.717, 1.165) is 37.4 Å². The van der Waals surface area contributed by atoms with Crippen molar-refractivity contribution in [1.29, 1.82) is 0 Å². The Morgan fingerprint density at radius 3 is 2.32 bits per heavy atom. The second-order valence-electron chi connectivity index (χ2n) is 5.56. The van der Waals surface area contributed by atoms with Crippen LogP contribution in [0.1, 0.15) is 15.9 Å². The molecular weight excluding hydrogens is 339 g/mol. The summed E-state index contributed by atoms with van der Waals surface area (Å²) in [4.78, 5) is 25.7. The summed E-state index contributed by atoms with van der Waals surface area (Å²) in [6, 6.07) is 3.82. The third-order valence-corrected chi connectivity index (χ3v) is 3.74. The summed E-state index contributed by atoms with van der Waals surface area (Å²) in [6.07, 6.45) is -4.45. The maximum Gasteiger partial charge on any atom is 0.416 e.